The van der Waals surface area contributed by atoms with Crippen LogP contribution >= 0.6 is 0 Å². The molecule has 0 spiro atoms. The minimum Gasteiger partial charge on any atom is -0.465 e. The first-order chi connectivity index (χ1) is 17.1. The Morgan fingerprint density at radius 2 is 2.03 bits per heavy atom. The van der Waals surface area contributed by atoms with E-state index in [-0.39, 0.29) is 12.1 Å². The van der Waals surface area contributed by atoms with Crippen LogP contribution in [0.5, 0.6) is 0 Å². The van der Waals surface area contributed by atoms with Crippen molar-refractivity contribution in [2.24, 2.45) is 0 Å². The number of carboxylic acid groups (broad SMARTS) is 1. The Morgan fingerprint density at radius 3 is 2.80 bits per heavy atom. The lowest BCUT2D eigenvalue weighted by Crippen LogP contribution is -2.41. The second-order valence-corrected chi connectivity index (χ2v) is 9.50. The van der Waals surface area contributed by atoms with Gasteiger partial charge in [-0.15, -0.1) is 0 Å². The number of nitrogens with one attached hydrogen (secondary N) is 1. The van der Waals surface area contributed by atoms with E-state index >= 15 is 0 Å². The number of H-pyrrole nitrogens is 1. The monoisotopic (exact) mass is 472 g/mol. The lowest BCUT2D eigenvalue weighted by molar-refractivity contribution is 0.198. The average Bonchev–Trinajstić information content (AvgIpc) is 3.52. The van der Waals surface area contributed by atoms with Gasteiger partial charge in [0.25, 0.3) is 0 Å². The molecular weight excluding hydrogens is 444 g/mol. The Balaban J connectivity index is 1.48. The number of tetrazole rings is 1. The largest absolute Gasteiger partial charge is 0.465 e. The van der Waals surface area contributed by atoms with Gasteiger partial charge in [0.05, 0.1) is 22.8 Å². The van der Waals surface area contributed by atoms with Crippen LogP contribution in [0.1, 0.15) is 49.2 Å². The molecule has 2 aliphatic heterocycles. The van der Waals surface area contributed by atoms with Crippen LogP contribution in [0.3, 0.4) is 0 Å². The smallest absolute Gasteiger partial charge is 0.412 e. The molecule has 4 aromatic rings. The molecule has 0 aliphatic carbocycles. The van der Waals surface area contributed by atoms with E-state index in [9.17, 15) is 9.90 Å². The van der Waals surface area contributed by atoms with Gasteiger partial charge in [-0.1, -0.05) is 35.4 Å². The number of aromatic nitrogens is 6. The van der Waals surface area contributed by atoms with E-state index in [1.54, 1.807) is 0 Å². The summed E-state index contributed by atoms with van der Waals surface area (Å²) in [6.07, 6.45) is 3.45. The van der Waals surface area contributed by atoms with Gasteiger partial charge in [0, 0.05) is 31.1 Å². The number of hydrogen-bond donors (Lipinski definition) is 2. The van der Waals surface area contributed by atoms with Crippen molar-refractivity contribution in [3.05, 3.63) is 59.4 Å². The zero-order chi connectivity index (χ0) is 23.9. The number of hydrogen-bond acceptors (Lipinski definition) is 6. The third-order valence-electron chi connectivity index (χ3n) is 7.33. The first-order valence-corrected chi connectivity index (χ1v) is 12.2. The van der Waals surface area contributed by atoms with Gasteiger partial charge in [0.15, 0.2) is 0 Å². The molecule has 180 valence electrons. The topological polar surface area (TPSA) is 116 Å². The highest BCUT2D eigenvalue weighted by atomic mass is 16.4. The number of aromatic amines is 1. The second-order valence-electron chi connectivity index (χ2n) is 9.50. The summed E-state index contributed by atoms with van der Waals surface area (Å²) in [6, 6.07) is 14.5. The summed E-state index contributed by atoms with van der Waals surface area (Å²) in [5.74, 6) is 1.69. The van der Waals surface area contributed by atoms with Gasteiger partial charge < -0.3 is 14.6 Å². The third-order valence-corrected chi connectivity index (χ3v) is 7.33. The first kappa shape index (κ1) is 21.6. The summed E-state index contributed by atoms with van der Waals surface area (Å²) < 4.78 is 2.38. The van der Waals surface area contributed by atoms with Crippen molar-refractivity contribution in [3.8, 4) is 0 Å². The lowest BCUT2D eigenvalue weighted by Gasteiger charge is -2.34. The van der Waals surface area contributed by atoms with E-state index in [1.165, 1.54) is 10.5 Å². The van der Waals surface area contributed by atoms with Crippen LogP contribution in [0.4, 0.5) is 16.4 Å². The van der Waals surface area contributed by atoms with Gasteiger partial charge in [-0.3, -0.25) is 4.90 Å². The van der Waals surface area contributed by atoms with Gasteiger partial charge in [-0.25, -0.2) is 14.9 Å². The number of piperidine rings is 1. The molecule has 0 saturated carbocycles. The van der Waals surface area contributed by atoms with Crippen LogP contribution in [-0.4, -0.2) is 60.5 Å². The maximum absolute atomic E-state index is 12.0. The molecule has 1 saturated heterocycles. The molecule has 0 unspecified atom stereocenters. The molecule has 2 atom stereocenters. The molecule has 10 nitrogen and oxygen atoms in total. The third kappa shape index (κ3) is 3.78. The summed E-state index contributed by atoms with van der Waals surface area (Å²) in [4.78, 5) is 20.9. The Labute approximate surface area is 202 Å². The van der Waals surface area contributed by atoms with Gasteiger partial charge in [0.1, 0.15) is 5.82 Å². The Kier molecular flexibility index (Phi) is 5.35. The van der Waals surface area contributed by atoms with Crippen molar-refractivity contribution < 1.29 is 9.90 Å². The number of aryl methyl sites for hydroxylation is 1. The van der Waals surface area contributed by atoms with E-state index in [0.717, 1.165) is 66.9 Å². The van der Waals surface area contributed by atoms with Crippen molar-refractivity contribution in [2.45, 2.75) is 51.1 Å². The summed E-state index contributed by atoms with van der Waals surface area (Å²) >= 11 is 0. The van der Waals surface area contributed by atoms with Gasteiger partial charge in [-0.2, -0.15) is 0 Å². The number of rotatable bonds is 4. The SMILES string of the molecule is C[C@H]1CCc2c(ccc3c2nc(Cc2ccccc2)n3[C@@H]2CCCN(c3nnn[nH]3)C2)N1C(=O)O. The van der Waals surface area contributed by atoms with Gasteiger partial charge >= 0.3 is 6.09 Å². The molecule has 0 radical (unpaired) electrons. The second kappa shape index (κ2) is 8.68. The molecule has 2 aliphatic rings. The van der Waals surface area contributed by atoms with Gasteiger partial charge in [0.2, 0.25) is 5.95 Å². The molecule has 1 fully saturated rings. The fraction of sp³-hybridized carbons (Fsp3) is 0.400. The van der Waals surface area contributed by atoms with Crippen LogP contribution in [0.25, 0.3) is 11.0 Å². The molecule has 2 aromatic heterocycles. The predicted octanol–water partition coefficient (Wildman–Crippen LogP) is 3.80. The average molecular weight is 473 g/mol. The molecule has 10 heteroatoms. The number of anilines is 2. The molecule has 35 heavy (non-hydrogen) atoms. The Hall–Kier alpha value is -3.95. The van der Waals surface area contributed by atoms with E-state index in [0.29, 0.717) is 12.4 Å². The molecule has 6 rings (SSSR count). The quantitative estimate of drug-likeness (QED) is 0.464. The van der Waals surface area contributed by atoms with Gasteiger partial charge in [-0.05, 0) is 60.7 Å². The van der Waals surface area contributed by atoms with Crippen LogP contribution < -0.4 is 9.80 Å². The number of amides is 1. The molecule has 2 N–H and O–H groups in total. The molecule has 0 bridgehead atoms. The van der Waals surface area contributed by atoms with E-state index in [2.05, 4.69) is 60.4 Å². The molecular formula is C25H28N8O2. The van der Waals surface area contributed by atoms with Crippen molar-refractivity contribution in [3.63, 3.8) is 0 Å². The predicted molar refractivity (Wildman–Crippen MR) is 132 cm³/mol. The summed E-state index contributed by atoms with van der Waals surface area (Å²) in [7, 11) is 0. The zero-order valence-corrected chi connectivity index (χ0v) is 19.6. The number of carbonyl (C=O) groups is 1. The zero-order valence-electron chi connectivity index (χ0n) is 19.6. The first-order valence-electron chi connectivity index (χ1n) is 12.2. The minimum atomic E-state index is -0.912. The highest BCUT2D eigenvalue weighted by molar-refractivity contribution is 5.94. The number of imidazole rings is 1. The molecule has 1 amide bonds. The summed E-state index contributed by atoms with van der Waals surface area (Å²) in [5.41, 5.74) is 4.98. The number of nitrogens with zero attached hydrogens (tertiary/aromatic N) is 7. The van der Waals surface area contributed by atoms with E-state index in [1.807, 2.05) is 19.1 Å². The number of benzene rings is 2. The van der Waals surface area contributed by atoms with Crippen LogP contribution in [0, 0.1) is 0 Å². The lowest BCUT2D eigenvalue weighted by atomic mass is 9.95. The fourth-order valence-electron chi connectivity index (χ4n) is 5.69. The van der Waals surface area contributed by atoms with E-state index < -0.39 is 6.09 Å². The van der Waals surface area contributed by atoms with Crippen molar-refractivity contribution in [2.75, 3.05) is 22.9 Å². The highest BCUT2D eigenvalue weighted by Crippen LogP contribution is 2.38. The normalized spacial score (nSPS) is 20.3. The Morgan fingerprint density at radius 1 is 1.17 bits per heavy atom. The minimum absolute atomic E-state index is 0.0502. The standard InChI is InChI=1S/C25H28N8O2/c1-16-9-10-19-20(32(16)25(34)35)11-12-21-23(19)26-22(14-17-6-3-2-4-7-17)33(21)18-8-5-13-31(15-18)24-27-29-30-28-24/h2-4,6-7,11-12,16,18H,5,8-10,13-15H2,1H3,(H,34,35)(H,27,28,29,30)/t16-,18+/m0/s1. The van der Waals surface area contributed by atoms with Crippen molar-refractivity contribution in [1.82, 2.24) is 30.2 Å². The van der Waals surface area contributed by atoms with Crippen molar-refractivity contribution >= 4 is 28.8 Å². The molecule has 2 aromatic carbocycles. The highest BCUT2D eigenvalue weighted by Gasteiger charge is 2.32. The van der Waals surface area contributed by atoms with Crippen LogP contribution in [0.2, 0.25) is 0 Å². The van der Waals surface area contributed by atoms with Crippen molar-refractivity contribution in [1.29, 1.82) is 0 Å². The number of fused-ring (bicyclic) bond motifs is 3. The Bertz CT molecular complexity index is 1350. The maximum atomic E-state index is 12.0. The molecule has 4 heterocycles. The van der Waals surface area contributed by atoms with E-state index in [4.69, 9.17) is 4.98 Å². The van der Waals surface area contributed by atoms with Crippen LogP contribution in [0.15, 0.2) is 42.5 Å². The summed E-state index contributed by atoms with van der Waals surface area (Å²) in [6.45, 7) is 3.64. The summed E-state index contributed by atoms with van der Waals surface area (Å²) in [5, 5.41) is 24.4. The van der Waals surface area contributed by atoms with Crippen LogP contribution in [-0.2, 0) is 12.8 Å². The fourth-order valence-corrected chi connectivity index (χ4v) is 5.69. The maximum Gasteiger partial charge on any atom is 0.412 e.